The zero-order valence-corrected chi connectivity index (χ0v) is 15.7. The van der Waals surface area contributed by atoms with E-state index in [1.807, 2.05) is 18.2 Å². The van der Waals surface area contributed by atoms with Gasteiger partial charge in [0.2, 0.25) is 5.95 Å². The van der Waals surface area contributed by atoms with Gasteiger partial charge in [-0.25, -0.2) is 9.78 Å². The Hall–Kier alpha value is -3.81. The zero-order chi connectivity index (χ0) is 19.9. The van der Waals surface area contributed by atoms with Crippen LogP contribution in [0.25, 0.3) is 0 Å². The highest BCUT2D eigenvalue weighted by molar-refractivity contribution is 5.89. The maximum atomic E-state index is 11.5. The maximum Gasteiger partial charge on any atom is 0.337 e. The van der Waals surface area contributed by atoms with E-state index in [2.05, 4.69) is 25.3 Å². The van der Waals surface area contributed by atoms with Crippen LogP contribution in [0.5, 0.6) is 11.5 Å². The number of hydrogen-bond acceptors (Lipinski definition) is 8. The van der Waals surface area contributed by atoms with Crippen LogP contribution in [0.15, 0.2) is 54.7 Å². The maximum absolute atomic E-state index is 11.5. The Balaban J connectivity index is 1.73. The van der Waals surface area contributed by atoms with Gasteiger partial charge in [-0.05, 0) is 42.5 Å². The van der Waals surface area contributed by atoms with E-state index < -0.39 is 0 Å². The number of rotatable bonds is 7. The smallest absolute Gasteiger partial charge is 0.337 e. The number of esters is 1. The van der Waals surface area contributed by atoms with Crippen LogP contribution in [0, 0.1) is 0 Å². The molecule has 0 fully saturated rings. The van der Waals surface area contributed by atoms with E-state index in [0.717, 1.165) is 11.4 Å². The molecule has 3 rings (SSSR count). The topological polar surface area (TPSA) is 94.6 Å². The lowest BCUT2D eigenvalue weighted by Gasteiger charge is -2.11. The van der Waals surface area contributed by atoms with E-state index in [-0.39, 0.29) is 5.97 Å². The van der Waals surface area contributed by atoms with Crippen LogP contribution in [0.4, 0.5) is 23.1 Å². The first-order valence-electron chi connectivity index (χ1n) is 8.40. The monoisotopic (exact) mass is 380 g/mol. The van der Waals surface area contributed by atoms with Crippen LogP contribution in [0.2, 0.25) is 0 Å². The number of anilines is 4. The Bertz CT molecular complexity index is 961. The van der Waals surface area contributed by atoms with Crippen molar-refractivity contribution in [1.29, 1.82) is 0 Å². The predicted molar refractivity (Wildman–Crippen MR) is 106 cm³/mol. The molecule has 0 amide bonds. The molecule has 8 heteroatoms. The molecule has 2 N–H and O–H groups in total. The summed E-state index contributed by atoms with van der Waals surface area (Å²) in [4.78, 5) is 20.1. The number of benzene rings is 2. The largest absolute Gasteiger partial charge is 0.493 e. The molecule has 0 aliphatic carbocycles. The zero-order valence-electron chi connectivity index (χ0n) is 15.7. The van der Waals surface area contributed by atoms with Gasteiger partial charge in [-0.1, -0.05) is 0 Å². The molecule has 0 spiro atoms. The molecule has 0 aliphatic heterocycles. The highest BCUT2D eigenvalue weighted by Crippen LogP contribution is 2.30. The van der Waals surface area contributed by atoms with Gasteiger partial charge in [-0.3, -0.25) is 0 Å². The van der Waals surface area contributed by atoms with E-state index >= 15 is 0 Å². The van der Waals surface area contributed by atoms with Crippen LogP contribution in [-0.2, 0) is 4.74 Å². The van der Waals surface area contributed by atoms with Gasteiger partial charge < -0.3 is 24.8 Å². The third-order valence-corrected chi connectivity index (χ3v) is 3.87. The number of carbonyl (C=O) groups excluding carboxylic acids is 1. The van der Waals surface area contributed by atoms with Crippen molar-refractivity contribution >= 4 is 29.1 Å². The SMILES string of the molecule is COC(=O)c1ccc(Nc2nccc(Nc3ccc(OC)c(OC)c3)n2)cc1. The van der Waals surface area contributed by atoms with Gasteiger partial charge in [0.1, 0.15) is 5.82 Å². The average molecular weight is 380 g/mol. The van der Waals surface area contributed by atoms with Crippen LogP contribution in [0.1, 0.15) is 10.4 Å². The van der Waals surface area contributed by atoms with E-state index in [4.69, 9.17) is 9.47 Å². The minimum Gasteiger partial charge on any atom is -0.493 e. The molecule has 3 aromatic rings. The predicted octanol–water partition coefficient (Wildman–Crippen LogP) is 3.77. The number of carbonyl (C=O) groups is 1. The van der Waals surface area contributed by atoms with Gasteiger partial charge in [0.05, 0.1) is 26.9 Å². The van der Waals surface area contributed by atoms with Gasteiger partial charge in [-0.15, -0.1) is 0 Å². The molecule has 0 saturated heterocycles. The quantitative estimate of drug-likeness (QED) is 0.598. The molecule has 144 valence electrons. The van der Waals surface area contributed by atoms with Gasteiger partial charge in [-0.2, -0.15) is 4.98 Å². The van der Waals surface area contributed by atoms with E-state index in [1.165, 1.54) is 7.11 Å². The molecule has 0 unspecified atom stereocenters. The van der Waals surface area contributed by atoms with Gasteiger partial charge in [0, 0.05) is 23.6 Å². The van der Waals surface area contributed by atoms with Crippen LogP contribution < -0.4 is 20.1 Å². The van der Waals surface area contributed by atoms with Crippen molar-refractivity contribution in [2.75, 3.05) is 32.0 Å². The lowest BCUT2D eigenvalue weighted by Crippen LogP contribution is -2.02. The molecule has 1 heterocycles. The van der Waals surface area contributed by atoms with Crippen LogP contribution >= 0.6 is 0 Å². The lowest BCUT2D eigenvalue weighted by molar-refractivity contribution is 0.0601. The van der Waals surface area contributed by atoms with Crippen molar-refractivity contribution in [2.24, 2.45) is 0 Å². The Morgan fingerprint density at radius 3 is 2.25 bits per heavy atom. The Kier molecular flexibility index (Phi) is 5.91. The molecule has 1 aromatic heterocycles. The molecule has 0 bridgehead atoms. The highest BCUT2D eigenvalue weighted by Gasteiger charge is 2.07. The molecule has 0 aliphatic rings. The molecule has 0 saturated carbocycles. The summed E-state index contributed by atoms with van der Waals surface area (Å²) in [6.45, 7) is 0. The van der Waals surface area contributed by atoms with E-state index in [0.29, 0.717) is 28.8 Å². The van der Waals surface area contributed by atoms with E-state index in [9.17, 15) is 4.79 Å². The molecule has 0 atom stereocenters. The Morgan fingerprint density at radius 1 is 0.857 bits per heavy atom. The minimum atomic E-state index is -0.385. The summed E-state index contributed by atoms with van der Waals surface area (Å²) >= 11 is 0. The van der Waals surface area contributed by atoms with Crippen molar-refractivity contribution in [3.05, 3.63) is 60.3 Å². The second kappa shape index (κ2) is 8.72. The molecular formula is C20H20N4O4. The number of ether oxygens (including phenoxy) is 3. The van der Waals surface area contributed by atoms with Crippen molar-refractivity contribution < 1.29 is 19.0 Å². The number of hydrogen-bond donors (Lipinski definition) is 2. The van der Waals surface area contributed by atoms with Crippen LogP contribution in [-0.4, -0.2) is 37.3 Å². The summed E-state index contributed by atoms with van der Waals surface area (Å²) < 4.78 is 15.2. The lowest BCUT2D eigenvalue weighted by atomic mass is 10.2. The first-order chi connectivity index (χ1) is 13.6. The minimum absolute atomic E-state index is 0.385. The highest BCUT2D eigenvalue weighted by atomic mass is 16.5. The van der Waals surface area contributed by atoms with Crippen molar-refractivity contribution in [3.63, 3.8) is 0 Å². The third kappa shape index (κ3) is 4.47. The normalized spacial score (nSPS) is 10.1. The summed E-state index contributed by atoms with van der Waals surface area (Å²) in [5.41, 5.74) is 2.01. The van der Waals surface area contributed by atoms with Gasteiger partial charge in [0.15, 0.2) is 11.5 Å². The molecule has 8 nitrogen and oxygen atoms in total. The second-order valence-electron chi connectivity index (χ2n) is 5.65. The van der Waals surface area contributed by atoms with Gasteiger partial charge in [0.25, 0.3) is 0 Å². The first kappa shape index (κ1) is 19.0. The Labute approximate surface area is 162 Å². The van der Waals surface area contributed by atoms with Crippen molar-refractivity contribution in [2.45, 2.75) is 0 Å². The third-order valence-electron chi connectivity index (χ3n) is 3.87. The van der Waals surface area contributed by atoms with Crippen molar-refractivity contribution in [3.8, 4) is 11.5 Å². The average Bonchev–Trinajstić information content (AvgIpc) is 2.74. The fourth-order valence-corrected chi connectivity index (χ4v) is 2.49. The number of nitrogens with one attached hydrogen (secondary N) is 2. The standard InChI is InChI=1S/C20H20N4O4/c1-26-16-9-8-15(12-17(16)27-2)22-18-10-11-21-20(24-18)23-14-6-4-13(5-7-14)19(25)28-3/h4-12H,1-3H3,(H2,21,22,23,24). The molecule has 2 aromatic carbocycles. The molecule has 28 heavy (non-hydrogen) atoms. The summed E-state index contributed by atoms with van der Waals surface area (Å²) in [5.74, 6) is 1.90. The van der Waals surface area contributed by atoms with Crippen molar-refractivity contribution in [1.82, 2.24) is 9.97 Å². The number of nitrogens with zero attached hydrogens (tertiary/aromatic N) is 2. The first-order valence-corrected chi connectivity index (χ1v) is 8.40. The van der Waals surface area contributed by atoms with E-state index in [1.54, 1.807) is 50.7 Å². The van der Waals surface area contributed by atoms with Gasteiger partial charge >= 0.3 is 5.97 Å². The molecule has 0 radical (unpaired) electrons. The summed E-state index contributed by atoms with van der Waals surface area (Å²) in [6.07, 6.45) is 1.64. The molecular weight excluding hydrogens is 360 g/mol. The summed E-state index contributed by atoms with van der Waals surface area (Å²) in [6, 6.07) is 14.1. The summed E-state index contributed by atoms with van der Waals surface area (Å²) in [5, 5.41) is 6.30. The second-order valence-corrected chi connectivity index (χ2v) is 5.65. The number of aromatic nitrogens is 2. The fraction of sp³-hybridized carbons (Fsp3) is 0.150. The summed E-state index contributed by atoms with van der Waals surface area (Å²) in [7, 11) is 4.52. The number of methoxy groups -OCH3 is 3. The fourth-order valence-electron chi connectivity index (χ4n) is 2.49. The van der Waals surface area contributed by atoms with Crippen LogP contribution in [0.3, 0.4) is 0 Å². The Morgan fingerprint density at radius 2 is 1.57 bits per heavy atom.